The predicted molar refractivity (Wildman–Crippen MR) is 67.4 cm³/mol. The largest absolute Gasteiger partial charge is 0.388 e. The number of hydrogen-bond donors (Lipinski definition) is 2. The topological polar surface area (TPSA) is 71.0 Å². The molecule has 0 aliphatic carbocycles. The van der Waals surface area contributed by atoms with Crippen molar-refractivity contribution in [2.24, 2.45) is 0 Å². The number of carbonyl (C=O) groups is 1. The summed E-state index contributed by atoms with van der Waals surface area (Å²) in [6.45, 7) is 2.98. The number of rotatable bonds is 7. The second kappa shape index (κ2) is 7.68. The normalized spacial score (nSPS) is 18.9. The summed E-state index contributed by atoms with van der Waals surface area (Å²) in [7, 11) is 3.43. The Balaban J connectivity index is 2.23. The highest BCUT2D eigenvalue weighted by Gasteiger charge is 2.31. The second-order valence-corrected chi connectivity index (χ2v) is 4.85. The molecule has 1 rings (SSSR count). The molecule has 0 radical (unpaired) electrons. The van der Waals surface area contributed by atoms with Gasteiger partial charge in [-0.25, -0.2) is 0 Å². The Labute approximate surface area is 108 Å². The van der Waals surface area contributed by atoms with Crippen molar-refractivity contribution < 1.29 is 19.4 Å². The molecule has 1 aliphatic rings. The molecule has 0 saturated carbocycles. The van der Waals surface area contributed by atoms with Crippen LogP contribution < -0.4 is 5.32 Å². The Bertz CT molecular complexity index is 254. The molecule has 0 spiro atoms. The van der Waals surface area contributed by atoms with E-state index in [9.17, 15) is 9.90 Å². The molecule has 0 unspecified atom stereocenters. The first-order valence-electron chi connectivity index (χ1n) is 6.30. The highest BCUT2D eigenvalue weighted by Crippen LogP contribution is 2.20. The number of amides is 1. The van der Waals surface area contributed by atoms with E-state index in [4.69, 9.17) is 9.47 Å². The van der Waals surface area contributed by atoms with Gasteiger partial charge in [-0.2, -0.15) is 0 Å². The zero-order valence-corrected chi connectivity index (χ0v) is 11.3. The van der Waals surface area contributed by atoms with E-state index in [0.29, 0.717) is 45.8 Å². The fourth-order valence-electron chi connectivity index (χ4n) is 2.06. The lowest BCUT2D eigenvalue weighted by molar-refractivity contribution is -0.123. The van der Waals surface area contributed by atoms with Crippen molar-refractivity contribution in [3.8, 4) is 0 Å². The molecule has 0 aromatic carbocycles. The molecule has 0 atom stereocenters. The molecule has 6 heteroatoms. The first-order chi connectivity index (χ1) is 8.56. The van der Waals surface area contributed by atoms with Crippen molar-refractivity contribution in [1.29, 1.82) is 0 Å². The van der Waals surface area contributed by atoms with Crippen molar-refractivity contribution in [1.82, 2.24) is 10.2 Å². The Morgan fingerprint density at radius 3 is 2.78 bits per heavy atom. The molecular formula is C12H24N2O4. The molecular weight excluding hydrogens is 236 g/mol. The van der Waals surface area contributed by atoms with Gasteiger partial charge < -0.3 is 19.9 Å². The van der Waals surface area contributed by atoms with E-state index in [0.717, 1.165) is 0 Å². The van der Waals surface area contributed by atoms with Crippen LogP contribution in [0.3, 0.4) is 0 Å². The summed E-state index contributed by atoms with van der Waals surface area (Å²) in [5, 5.41) is 13.0. The number of likely N-dealkylation sites (N-methyl/N-ethyl adjacent to an activating group) is 1. The van der Waals surface area contributed by atoms with E-state index in [1.54, 1.807) is 7.11 Å². The minimum absolute atomic E-state index is 0.0507. The average Bonchev–Trinajstić information content (AvgIpc) is 2.29. The monoisotopic (exact) mass is 260 g/mol. The van der Waals surface area contributed by atoms with Gasteiger partial charge in [-0.05, 0) is 7.05 Å². The van der Waals surface area contributed by atoms with Gasteiger partial charge in [0.1, 0.15) is 0 Å². The van der Waals surface area contributed by atoms with Crippen LogP contribution in [0.15, 0.2) is 0 Å². The van der Waals surface area contributed by atoms with Crippen LogP contribution in [-0.2, 0) is 14.3 Å². The summed E-state index contributed by atoms with van der Waals surface area (Å²) < 4.78 is 10.1. The number of hydrogen-bond acceptors (Lipinski definition) is 5. The predicted octanol–water partition coefficient (Wildman–Crippen LogP) is -0.778. The molecule has 0 bridgehead atoms. The minimum atomic E-state index is -0.722. The maximum atomic E-state index is 11.6. The van der Waals surface area contributed by atoms with Gasteiger partial charge in [0.15, 0.2) is 0 Å². The molecule has 2 N–H and O–H groups in total. The second-order valence-electron chi connectivity index (χ2n) is 4.85. The fraction of sp³-hybridized carbons (Fsp3) is 0.917. The van der Waals surface area contributed by atoms with Crippen molar-refractivity contribution >= 4 is 5.91 Å². The zero-order chi connectivity index (χ0) is 13.4. The van der Waals surface area contributed by atoms with E-state index in [1.165, 1.54) is 0 Å². The average molecular weight is 260 g/mol. The smallest absolute Gasteiger partial charge is 0.234 e. The SMILES string of the molecule is COCCNC(=O)CN(C)CC1(O)CCOCC1. The number of nitrogens with one attached hydrogen (secondary N) is 1. The van der Waals surface area contributed by atoms with Gasteiger partial charge in [0.2, 0.25) is 5.91 Å². The van der Waals surface area contributed by atoms with Crippen LogP contribution in [0, 0.1) is 0 Å². The van der Waals surface area contributed by atoms with E-state index < -0.39 is 5.60 Å². The van der Waals surface area contributed by atoms with E-state index >= 15 is 0 Å². The summed E-state index contributed by atoms with van der Waals surface area (Å²) in [4.78, 5) is 13.4. The fourth-order valence-corrected chi connectivity index (χ4v) is 2.06. The Kier molecular flexibility index (Phi) is 6.56. The van der Waals surface area contributed by atoms with Gasteiger partial charge in [-0.1, -0.05) is 0 Å². The third kappa shape index (κ3) is 5.77. The molecule has 1 aliphatic heterocycles. The highest BCUT2D eigenvalue weighted by molar-refractivity contribution is 5.77. The van der Waals surface area contributed by atoms with Crippen LogP contribution >= 0.6 is 0 Å². The number of methoxy groups -OCH3 is 1. The van der Waals surface area contributed by atoms with Crippen LogP contribution in [0.5, 0.6) is 0 Å². The number of nitrogens with zero attached hydrogens (tertiary/aromatic N) is 1. The third-order valence-electron chi connectivity index (χ3n) is 3.03. The zero-order valence-electron chi connectivity index (χ0n) is 11.3. The quantitative estimate of drug-likeness (QED) is 0.588. The minimum Gasteiger partial charge on any atom is -0.388 e. The molecule has 106 valence electrons. The Morgan fingerprint density at radius 2 is 2.17 bits per heavy atom. The van der Waals surface area contributed by atoms with E-state index in [1.807, 2.05) is 11.9 Å². The first-order valence-corrected chi connectivity index (χ1v) is 6.30. The van der Waals surface area contributed by atoms with Crippen molar-refractivity contribution in [3.05, 3.63) is 0 Å². The first kappa shape index (κ1) is 15.4. The molecule has 0 aromatic rings. The van der Waals surface area contributed by atoms with Gasteiger partial charge in [-0.3, -0.25) is 9.69 Å². The number of ether oxygens (including phenoxy) is 2. The van der Waals surface area contributed by atoms with Gasteiger partial charge in [0.05, 0.1) is 18.8 Å². The Hall–Kier alpha value is -0.690. The van der Waals surface area contributed by atoms with Crippen molar-refractivity contribution in [2.75, 3.05) is 53.6 Å². The summed E-state index contributed by atoms with van der Waals surface area (Å²) in [6, 6.07) is 0. The van der Waals surface area contributed by atoms with Crippen LogP contribution in [-0.4, -0.2) is 75.1 Å². The molecule has 1 heterocycles. The standard InChI is InChI=1S/C12H24N2O4/c1-14(9-11(15)13-5-8-17-2)10-12(16)3-6-18-7-4-12/h16H,3-10H2,1-2H3,(H,13,15). The van der Waals surface area contributed by atoms with E-state index in [-0.39, 0.29) is 12.5 Å². The maximum absolute atomic E-state index is 11.6. The summed E-state index contributed by atoms with van der Waals surface area (Å²) in [5.41, 5.74) is -0.722. The van der Waals surface area contributed by atoms with Crippen LogP contribution in [0.1, 0.15) is 12.8 Å². The lowest BCUT2D eigenvalue weighted by atomic mass is 9.94. The molecule has 1 fully saturated rings. The summed E-state index contributed by atoms with van der Waals surface area (Å²) >= 11 is 0. The van der Waals surface area contributed by atoms with Gasteiger partial charge in [0, 0.05) is 46.3 Å². The lowest BCUT2D eigenvalue weighted by Gasteiger charge is -2.35. The van der Waals surface area contributed by atoms with Crippen LogP contribution in [0.2, 0.25) is 0 Å². The molecule has 1 saturated heterocycles. The van der Waals surface area contributed by atoms with Gasteiger partial charge in [0.25, 0.3) is 0 Å². The highest BCUT2D eigenvalue weighted by atomic mass is 16.5. The van der Waals surface area contributed by atoms with Crippen LogP contribution in [0.4, 0.5) is 0 Å². The number of carbonyl (C=O) groups excluding carboxylic acids is 1. The molecule has 0 aromatic heterocycles. The van der Waals surface area contributed by atoms with E-state index in [2.05, 4.69) is 5.32 Å². The summed E-state index contributed by atoms with van der Waals surface area (Å²) in [5.74, 6) is -0.0507. The maximum Gasteiger partial charge on any atom is 0.234 e. The summed E-state index contributed by atoms with van der Waals surface area (Å²) in [6.07, 6.45) is 1.26. The Morgan fingerprint density at radius 1 is 1.50 bits per heavy atom. The van der Waals surface area contributed by atoms with Crippen molar-refractivity contribution in [2.45, 2.75) is 18.4 Å². The van der Waals surface area contributed by atoms with Gasteiger partial charge >= 0.3 is 0 Å². The third-order valence-corrected chi connectivity index (χ3v) is 3.03. The van der Waals surface area contributed by atoms with Gasteiger partial charge in [-0.15, -0.1) is 0 Å². The lowest BCUT2D eigenvalue weighted by Crippen LogP contribution is -2.48. The van der Waals surface area contributed by atoms with Crippen LogP contribution in [0.25, 0.3) is 0 Å². The molecule has 6 nitrogen and oxygen atoms in total. The molecule has 18 heavy (non-hydrogen) atoms. The number of aliphatic hydroxyl groups is 1. The molecule has 1 amide bonds. The van der Waals surface area contributed by atoms with Crippen molar-refractivity contribution in [3.63, 3.8) is 0 Å².